The van der Waals surface area contributed by atoms with E-state index in [1.807, 2.05) is 11.6 Å². The number of piperidine rings is 1. The summed E-state index contributed by atoms with van der Waals surface area (Å²) in [7, 11) is 1.86. The molecule has 2 heterocycles. The van der Waals surface area contributed by atoms with Gasteiger partial charge in [0.25, 0.3) is 0 Å². The molecule has 1 aromatic heterocycles. The molecule has 0 unspecified atom stereocenters. The van der Waals surface area contributed by atoms with Crippen LogP contribution in [0.3, 0.4) is 0 Å². The van der Waals surface area contributed by atoms with Crippen molar-refractivity contribution in [3.8, 4) is 11.4 Å². The van der Waals surface area contributed by atoms with Gasteiger partial charge in [0.15, 0.2) is 5.82 Å². The van der Waals surface area contributed by atoms with E-state index in [0.717, 1.165) is 56.7 Å². The second-order valence-electron chi connectivity index (χ2n) is 9.30. The Hall–Kier alpha value is -2.74. The van der Waals surface area contributed by atoms with Crippen LogP contribution < -0.4 is 0 Å². The first-order valence-electron chi connectivity index (χ1n) is 11.3. The number of unbranched alkanes of at least 4 members (excludes halogenated alkanes) is 1. The van der Waals surface area contributed by atoms with E-state index >= 15 is 0 Å². The molecule has 1 aliphatic carbocycles. The Morgan fingerprint density at radius 3 is 2.52 bits per heavy atom. The Balaban J connectivity index is 1.13. The van der Waals surface area contributed by atoms with E-state index in [4.69, 9.17) is 0 Å². The quantitative estimate of drug-likeness (QED) is 0.359. The molecule has 1 saturated heterocycles. The molecule has 0 spiro atoms. The van der Waals surface area contributed by atoms with Crippen LogP contribution in [-0.4, -0.2) is 39.3 Å². The van der Waals surface area contributed by atoms with Crippen molar-refractivity contribution in [2.45, 2.75) is 37.3 Å². The average molecular weight is 459 g/mol. The molecule has 2 aromatic carbocycles. The van der Waals surface area contributed by atoms with E-state index in [2.05, 4.69) is 15.1 Å². The van der Waals surface area contributed by atoms with Crippen LogP contribution in [0.2, 0.25) is 0 Å². The summed E-state index contributed by atoms with van der Waals surface area (Å²) in [4.78, 5) is 2.42. The van der Waals surface area contributed by atoms with Crippen LogP contribution in [0.15, 0.2) is 48.5 Å². The number of fused-ring (bicyclic) bond motifs is 1. The van der Waals surface area contributed by atoms with Crippen molar-refractivity contribution >= 4 is 0 Å². The van der Waals surface area contributed by atoms with Crippen molar-refractivity contribution in [2.75, 3.05) is 19.6 Å². The van der Waals surface area contributed by atoms with Gasteiger partial charge in [-0.1, -0.05) is 24.3 Å². The fourth-order valence-corrected chi connectivity index (χ4v) is 5.27. The van der Waals surface area contributed by atoms with Crippen LogP contribution in [0.4, 0.5) is 17.6 Å². The lowest BCUT2D eigenvalue weighted by Crippen LogP contribution is -2.27. The standard InChI is InChI=1S/C25H26F4N4/c1-32-22(30-31-23(32)20-6-2-3-7-21(20)26)8-4-5-13-33-15-19-14-24(19,16-33)17-9-11-18(12-10-17)25(27,28)29/h2-3,6-7,9-12,19H,4-5,8,13-16H2,1H3/t19-,24+/m0/s1. The summed E-state index contributed by atoms with van der Waals surface area (Å²) in [6, 6.07) is 12.3. The van der Waals surface area contributed by atoms with Crippen LogP contribution in [0.5, 0.6) is 0 Å². The zero-order valence-electron chi connectivity index (χ0n) is 18.4. The Morgan fingerprint density at radius 1 is 1.03 bits per heavy atom. The highest BCUT2D eigenvalue weighted by atomic mass is 19.4. The van der Waals surface area contributed by atoms with Crippen LogP contribution >= 0.6 is 0 Å². The normalized spacial score (nSPS) is 22.5. The third-order valence-electron chi connectivity index (χ3n) is 7.21. The van der Waals surface area contributed by atoms with E-state index in [0.29, 0.717) is 17.3 Å². The maximum atomic E-state index is 14.1. The second-order valence-corrected chi connectivity index (χ2v) is 9.30. The summed E-state index contributed by atoms with van der Waals surface area (Å²) in [6.45, 7) is 2.86. The summed E-state index contributed by atoms with van der Waals surface area (Å²) in [5.74, 6) is 1.59. The van der Waals surface area contributed by atoms with Gasteiger partial charge in [0.2, 0.25) is 0 Å². The number of hydrogen-bond donors (Lipinski definition) is 0. The van der Waals surface area contributed by atoms with Crippen molar-refractivity contribution in [3.63, 3.8) is 0 Å². The fraction of sp³-hybridized carbons (Fsp3) is 0.440. The molecular formula is C25H26F4N4. The van der Waals surface area contributed by atoms with Crippen LogP contribution in [0.1, 0.15) is 36.2 Å². The molecule has 2 aliphatic rings. The third kappa shape index (κ3) is 4.16. The Kier molecular flexibility index (Phi) is 5.51. The summed E-state index contributed by atoms with van der Waals surface area (Å²) in [5, 5.41) is 8.42. The van der Waals surface area contributed by atoms with Gasteiger partial charge in [-0.3, -0.25) is 0 Å². The van der Waals surface area contributed by atoms with Crippen LogP contribution in [-0.2, 0) is 25.1 Å². The molecule has 2 atom stereocenters. The average Bonchev–Trinajstić information content (AvgIpc) is 3.17. The van der Waals surface area contributed by atoms with Gasteiger partial charge in [0.1, 0.15) is 11.6 Å². The predicted octanol–water partition coefficient (Wildman–Crippen LogP) is 5.24. The van der Waals surface area contributed by atoms with Crippen LogP contribution in [0.25, 0.3) is 11.4 Å². The lowest BCUT2D eigenvalue weighted by atomic mass is 9.94. The van der Waals surface area contributed by atoms with E-state index in [-0.39, 0.29) is 11.2 Å². The van der Waals surface area contributed by atoms with Crippen molar-refractivity contribution in [1.29, 1.82) is 0 Å². The van der Waals surface area contributed by atoms with E-state index in [1.165, 1.54) is 18.2 Å². The molecule has 2 fully saturated rings. The lowest BCUT2D eigenvalue weighted by Gasteiger charge is -2.21. The summed E-state index contributed by atoms with van der Waals surface area (Å²) in [5.41, 5.74) is 0.922. The predicted molar refractivity (Wildman–Crippen MR) is 117 cm³/mol. The number of nitrogens with zero attached hydrogens (tertiary/aromatic N) is 4. The third-order valence-corrected chi connectivity index (χ3v) is 7.21. The highest BCUT2D eigenvalue weighted by Gasteiger charge is 2.60. The molecular weight excluding hydrogens is 432 g/mol. The number of likely N-dealkylation sites (tertiary alicyclic amines) is 1. The monoisotopic (exact) mass is 458 g/mol. The summed E-state index contributed by atoms with van der Waals surface area (Å²) < 4.78 is 54.5. The number of alkyl halides is 3. The number of halogens is 4. The number of hydrogen-bond acceptors (Lipinski definition) is 3. The summed E-state index contributed by atoms with van der Waals surface area (Å²) >= 11 is 0. The molecule has 0 amide bonds. The van der Waals surface area contributed by atoms with Crippen molar-refractivity contribution in [1.82, 2.24) is 19.7 Å². The Labute approximate surface area is 190 Å². The minimum absolute atomic E-state index is 0.0301. The largest absolute Gasteiger partial charge is 0.416 e. The topological polar surface area (TPSA) is 34.0 Å². The van der Waals surface area contributed by atoms with Gasteiger partial charge >= 0.3 is 6.18 Å². The minimum atomic E-state index is -4.29. The van der Waals surface area contributed by atoms with Crippen molar-refractivity contribution in [2.24, 2.45) is 13.0 Å². The smallest absolute Gasteiger partial charge is 0.314 e. The first kappa shape index (κ1) is 22.1. The zero-order chi connectivity index (χ0) is 23.2. The molecule has 5 rings (SSSR count). The molecule has 174 valence electrons. The van der Waals surface area contributed by atoms with E-state index in [1.54, 1.807) is 30.3 Å². The Bertz CT molecular complexity index is 1140. The SMILES string of the molecule is Cn1c(CCCCN2C[C@@H]3C[C@]3(c3ccc(C(F)(F)F)cc3)C2)nnc1-c1ccccc1F. The van der Waals surface area contributed by atoms with Gasteiger partial charge < -0.3 is 9.47 Å². The van der Waals surface area contributed by atoms with Gasteiger partial charge in [0, 0.05) is 32.0 Å². The maximum absolute atomic E-state index is 14.1. The van der Waals surface area contributed by atoms with Crippen molar-refractivity contribution in [3.05, 3.63) is 71.3 Å². The fourth-order valence-electron chi connectivity index (χ4n) is 5.27. The minimum Gasteiger partial charge on any atom is -0.314 e. The maximum Gasteiger partial charge on any atom is 0.416 e. The van der Waals surface area contributed by atoms with E-state index in [9.17, 15) is 17.6 Å². The van der Waals surface area contributed by atoms with Crippen molar-refractivity contribution < 1.29 is 17.6 Å². The van der Waals surface area contributed by atoms with Gasteiger partial charge in [-0.2, -0.15) is 13.2 Å². The highest BCUT2D eigenvalue weighted by Crippen LogP contribution is 2.59. The lowest BCUT2D eigenvalue weighted by molar-refractivity contribution is -0.137. The van der Waals surface area contributed by atoms with E-state index < -0.39 is 11.7 Å². The number of rotatable bonds is 7. The number of aryl methyl sites for hydroxylation is 1. The number of benzene rings is 2. The Morgan fingerprint density at radius 2 is 1.79 bits per heavy atom. The van der Waals surface area contributed by atoms with Gasteiger partial charge in [0.05, 0.1) is 11.1 Å². The van der Waals surface area contributed by atoms with Gasteiger partial charge in [-0.05, 0) is 61.6 Å². The molecule has 4 nitrogen and oxygen atoms in total. The molecule has 1 saturated carbocycles. The molecule has 0 bridgehead atoms. The molecule has 0 radical (unpaired) electrons. The molecule has 1 aliphatic heterocycles. The number of aromatic nitrogens is 3. The second kappa shape index (κ2) is 8.24. The highest BCUT2D eigenvalue weighted by molar-refractivity contribution is 5.56. The molecule has 8 heteroatoms. The van der Waals surface area contributed by atoms with Crippen LogP contribution in [0, 0.1) is 11.7 Å². The summed E-state index contributed by atoms with van der Waals surface area (Å²) in [6.07, 6.45) is -0.527. The van der Waals surface area contributed by atoms with Gasteiger partial charge in [-0.25, -0.2) is 4.39 Å². The molecule has 33 heavy (non-hydrogen) atoms. The zero-order valence-corrected chi connectivity index (χ0v) is 18.4. The molecule has 0 N–H and O–H groups in total. The first-order chi connectivity index (χ1) is 15.8. The molecule has 3 aromatic rings. The first-order valence-corrected chi connectivity index (χ1v) is 11.3. The van der Waals surface area contributed by atoms with Gasteiger partial charge in [-0.15, -0.1) is 10.2 Å².